The summed E-state index contributed by atoms with van der Waals surface area (Å²) in [5.41, 5.74) is 2.93. The number of aryl methyl sites for hydroxylation is 2. The van der Waals surface area contributed by atoms with Crippen molar-refractivity contribution in [2.24, 2.45) is 5.41 Å². The van der Waals surface area contributed by atoms with Crippen molar-refractivity contribution in [3.05, 3.63) is 86.9 Å². The number of nitrogens with one attached hydrogen (secondary N) is 2. The molecule has 2 amide bonds. The first-order valence-electron chi connectivity index (χ1n) is 13.7. The molecule has 1 unspecified atom stereocenters. The summed E-state index contributed by atoms with van der Waals surface area (Å²) in [7, 11) is 1.68. The second-order valence-corrected chi connectivity index (χ2v) is 11.2. The zero-order chi connectivity index (χ0) is 28.2. The molecule has 2 heterocycles. The molecule has 0 bridgehead atoms. The summed E-state index contributed by atoms with van der Waals surface area (Å²) in [6.45, 7) is 8.44. The van der Waals surface area contributed by atoms with Crippen LogP contribution < -0.4 is 10.9 Å². The highest BCUT2D eigenvalue weighted by Crippen LogP contribution is 2.47. The van der Waals surface area contributed by atoms with Crippen LogP contribution in [-0.4, -0.2) is 58.8 Å². The number of likely N-dealkylation sites (tertiary alicyclic amines) is 1. The van der Waals surface area contributed by atoms with Gasteiger partial charge in [0.05, 0.1) is 24.4 Å². The smallest absolute Gasteiger partial charge is 0.267 e. The van der Waals surface area contributed by atoms with Gasteiger partial charge in [-0.25, -0.2) is 5.10 Å². The van der Waals surface area contributed by atoms with E-state index in [2.05, 4.69) is 53.7 Å². The van der Waals surface area contributed by atoms with Crippen molar-refractivity contribution in [2.45, 2.75) is 71.4 Å². The number of H-pyrrole nitrogens is 1. The van der Waals surface area contributed by atoms with Gasteiger partial charge in [-0.1, -0.05) is 44.2 Å². The zero-order valence-corrected chi connectivity index (χ0v) is 23.7. The molecule has 4 rings (SSSR count). The van der Waals surface area contributed by atoms with Crippen molar-refractivity contribution < 1.29 is 14.3 Å². The lowest BCUT2D eigenvalue weighted by Crippen LogP contribution is -2.58. The minimum atomic E-state index is -0.388. The topological polar surface area (TPSA) is 104 Å². The molecule has 0 radical (unpaired) electrons. The quantitative estimate of drug-likeness (QED) is 0.508. The van der Waals surface area contributed by atoms with E-state index in [1.807, 2.05) is 24.8 Å². The minimum Gasteiger partial charge on any atom is -0.382 e. The first kappa shape index (κ1) is 28.5. The summed E-state index contributed by atoms with van der Waals surface area (Å²) in [6.07, 6.45) is 12.3. The van der Waals surface area contributed by atoms with E-state index in [0.29, 0.717) is 24.2 Å². The van der Waals surface area contributed by atoms with Gasteiger partial charge in [-0.05, 0) is 68.9 Å². The van der Waals surface area contributed by atoms with Crippen LogP contribution in [0.2, 0.25) is 0 Å². The number of methoxy groups -OCH3 is 1. The van der Waals surface area contributed by atoms with Crippen molar-refractivity contribution in [3.63, 3.8) is 0 Å². The summed E-state index contributed by atoms with van der Waals surface area (Å²) in [4.78, 5) is 41.0. The third-order valence-corrected chi connectivity index (χ3v) is 8.48. The number of ether oxygens (including phenoxy) is 1. The number of amides is 2. The molecule has 208 valence electrons. The Hall–Kier alpha value is -3.52. The Morgan fingerprint density at radius 1 is 1.21 bits per heavy atom. The lowest BCUT2D eigenvalue weighted by molar-refractivity contribution is -0.141. The van der Waals surface area contributed by atoms with Gasteiger partial charge in [0, 0.05) is 36.1 Å². The molecule has 1 saturated heterocycles. The van der Waals surface area contributed by atoms with E-state index in [4.69, 9.17) is 4.74 Å². The number of benzene rings is 1. The Kier molecular flexibility index (Phi) is 8.54. The summed E-state index contributed by atoms with van der Waals surface area (Å²) in [5, 5.41) is 9.30. The van der Waals surface area contributed by atoms with Gasteiger partial charge in [0.2, 0.25) is 5.91 Å². The van der Waals surface area contributed by atoms with Crippen molar-refractivity contribution in [3.8, 4) is 0 Å². The number of carbonyl (C=O) groups is 2. The molecule has 1 aromatic carbocycles. The summed E-state index contributed by atoms with van der Waals surface area (Å²) < 4.78 is 5.61. The third-order valence-electron chi connectivity index (χ3n) is 8.48. The number of hydrogen-bond acceptors (Lipinski definition) is 5. The van der Waals surface area contributed by atoms with Crippen LogP contribution in [-0.2, 0) is 16.0 Å². The number of carbonyl (C=O) groups excluding carboxylic acids is 2. The Morgan fingerprint density at radius 3 is 2.67 bits per heavy atom. The van der Waals surface area contributed by atoms with Crippen molar-refractivity contribution in [1.29, 1.82) is 0 Å². The van der Waals surface area contributed by atoms with Crippen LogP contribution in [0.3, 0.4) is 0 Å². The molecule has 39 heavy (non-hydrogen) atoms. The second-order valence-electron chi connectivity index (χ2n) is 11.2. The fourth-order valence-corrected chi connectivity index (χ4v) is 6.17. The van der Waals surface area contributed by atoms with Gasteiger partial charge < -0.3 is 15.0 Å². The van der Waals surface area contributed by atoms with Crippen LogP contribution in [0, 0.1) is 19.3 Å². The van der Waals surface area contributed by atoms with Gasteiger partial charge in [0.25, 0.3) is 11.5 Å². The van der Waals surface area contributed by atoms with Gasteiger partial charge in [0.15, 0.2) is 0 Å². The summed E-state index contributed by atoms with van der Waals surface area (Å²) in [6, 6.07) is 7.21. The molecular weight excluding hydrogens is 492 g/mol. The Bertz CT molecular complexity index is 1350. The molecule has 2 aliphatic rings. The van der Waals surface area contributed by atoms with E-state index in [-0.39, 0.29) is 40.9 Å². The van der Waals surface area contributed by atoms with E-state index >= 15 is 0 Å². The first-order valence-corrected chi connectivity index (χ1v) is 13.7. The largest absolute Gasteiger partial charge is 0.382 e. The van der Waals surface area contributed by atoms with Gasteiger partial charge >= 0.3 is 0 Å². The van der Waals surface area contributed by atoms with E-state index in [1.165, 1.54) is 0 Å². The maximum Gasteiger partial charge on any atom is 0.267 e. The zero-order valence-electron chi connectivity index (χ0n) is 23.7. The Morgan fingerprint density at radius 2 is 2.00 bits per heavy atom. The average Bonchev–Trinajstić information content (AvgIpc) is 3.31. The predicted octanol–water partition coefficient (Wildman–Crippen LogP) is 4.02. The molecule has 1 aromatic heterocycles. The fraction of sp³-hybridized carbons (Fsp3) is 0.484. The van der Waals surface area contributed by atoms with Gasteiger partial charge in [-0.2, -0.15) is 5.10 Å². The number of aromatic nitrogens is 2. The predicted molar refractivity (Wildman–Crippen MR) is 152 cm³/mol. The van der Waals surface area contributed by atoms with Crippen LogP contribution in [0.15, 0.2) is 53.4 Å². The van der Waals surface area contributed by atoms with Crippen LogP contribution >= 0.6 is 0 Å². The summed E-state index contributed by atoms with van der Waals surface area (Å²) >= 11 is 0. The van der Waals surface area contributed by atoms with Gasteiger partial charge in [-0.15, -0.1) is 0 Å². The van der Waals surface area contributed by atoms with Gasteiger partial charge in [-0.3, -0.25) is 14.4 Å². The molecule has 1 aliphatic heterocycles. The molecule has 8 heteroatoms. The molecule has 3 atom stereocenters. The third kappa shape index (κ3) is 5.91. The highest BCUT2D eigenvalue weighted by molar-refractivity contribution is 5.96. The molecule has 1 aliphatic carbocycles. The van der Waals surface area contributed by atoms with Gasteiger partial charge in [0.1, 0.15) is 0 Å². The number of rotatable bonds is 9. The SMILES string of the molecule is CC[C@@]1(COC)CC[C@@H](C2(C)C=CC=CC2)N1C(=O)CNC(=O)c1ccc(Cc2cc(C)n[nH]c2=O)c(C)c1. The monoisotopic (exact) mass is 532 g/mol. The number of allylic oxidation sites excluding steroid dienone is 3. The van der Waals surface area contributed by atoms with E-state index in [0.717, 1.165) is 42.5 Å². The summed E-state index contributed by atoms with van der Waals surface area (Å²) in [5.74, 6) is -0.388. The molecule has 0 spiro atoms. The van der Waals surface area contributed by atoms with E-state index in [9.17, 15) is 14.4 Å². The van der Waals surface area contributed by atoms with E-state index < -0.39 is 0 Å². The normalized spacial score (nSPS) is 24.2. The van der Waals surface area contributed by atoms with Crippen molar-refractivity contribution in [1.82, 2.24) is 20.4 Å². The lowest BCUT2D eigenvalue weighted by Gasteiger charge is -2.46. The minimum absolute atomic E-state index is 0.0275. The Balaban J connectivity index is 1.48. The molecule has 2 N–H and O–H groups in total. The van der Waals surface area contributed by atoms with Crippen molar-refractivity contribution >= 4 is 11.8 Å². The first-order chi connectivity index (χ1) is 18.6. The molecule has 0 saturated carbocycles. The highest BCUT2D eigenvalue weighted by Gasteiger charge is 2.52. The maximum atomic E-state index is 13.8. The lowest BCUT2D eigenvalue weighted by atomic mass is 9.76. The molecule has 1 fully saturated rings. The number of aromatic amines is 1. The van der Waals surface area contributed by atoms with Crippen LogP contribution in [0.4, 0.5) is 0 Å². The number of hydrogen-bond donors (Lipinski definition) is 2. The van der Waals surface area contributed by atoms with Crippen LogP contribution in [0.25, 0.3) is 0 Å². The molecule has 8 nitrogen and oxygen atoms in total. The van der Waals surface area contributed by atoms with Crippen LogP contribution in [0.5, 0.6) is 0 Å². The fourth-order valence-electron chi connectivity index (χ4n) is 6.17. The highest BCUT2D eigenvalue weighted by atomic mass is 16.5. The van der Waals surface area contributed by atoms with Crippen molar-refractivity contribution in [2.75, 3.05) is 20.3 Å². The molecule has 2 aromatic rings. The maximum absolute atomic E-state index is 13.8. The van der Waals surface area contributed by atoms with E-state index in [1.54, 1.807) is 25.3 Å². The molecular formula is C31H40N4O4. The van der Waals surface area contributed by atoms with Crippen LogP contribution in [0.1, 0.15) is 72.3 Å². The number of nitrogens with zero attached hydrogens (tertiary/aromatic N) is 2. The second kappa shape index (κ2) is 11.7. The Labute approximate surface area is 230 Å². The average molecular weight is 533 g/mol. The standard InChI is InChI=1S/C31H40N4O4/c1-6-31(20-39-5)15-12-26(30(4)13-8-7-9-14-30)35(31)27(36)19-32-28(37)24-11-10-23(21(2)16-24)18-25-17-22(3)33-34-29(25)38/h7-11,13,16-17,26H,6,12,14-15,18-20H2,1-5H3,(H,32,37)(H,34,38)/t26-,30?,31-/m0/s1.